The molecule has 3 aromatic rings. The van der Waals surface area contributed by atoms with E-state index < -0.39 is 0 Å². The van der Waals surface area contributed by atoms with Crippen LogP contribution in [0.2, 0.25) is 0 Å². The van der Waals surface area contributed by atoms with Gasteiger partial charge in [-0.05, 0) is 54.7 Å². The van der Waals surface area contributed by atoms with E-state index in [0.717, 1.165) is 37.2 Å². The van der Waals surface area contributed by atoms with Gasteiger partial charge in [-0.3, -0.25) is 9.69 Å². The topological polar surface area (TPSA) is 98.1 Å². The molecule has 0 bridgehead atoms. The second kappa shape index (κ2) is 9.07. The van der Waals surface area contributed by atoms with Gasteiger partial charge in [0.25, 0.3) is 5.91 Å². The van der Waals surface area contributed by atoms with Crippen LogP contribution < -0.4 is 14.2 Å². The van der Waals surface area contributed by atoms with Crippen molar-refractivity contribution in [2.24, 2.45) is 0 Å². The van der Waals surface area contributed by atoms with Crippen LogP contribution in [-0.2, 0) is 6.42 Å². The third kappa shape index (κ3) is 3.66. The lowest BCUT2D eigenvalue weighted by atomic mass is 9.90. The number of fused-ring (bicyclic) bond motifs is 2. The number of methoxy groups -OCH3 is 1. The molecule has 3 aliphatic rings. The van der Waals surface area contributed by atoms with Crippen molar-refractivity contribution in [2.75, 3.05) is 60.7 Å². The number of hydrogen-bond acceptors (Lipinski definition) is 9. The van der Waals surface area contributed by atoms with Gasteiger partial charge in [-0.15, -0.1) is 5.10 Å². The molecule has 6 rings (SSSR count). The predicted octanol–water partition coefficient (Wildman–Crippen LogP) is 1.36. The summed E-state index contributed by atoms with van der Waals surface area (Å²) in [5.74, 6) is 2.51. The van der Waals surface area contributed by atoms with Crippen LogP contribution in [0.4, 0.5) is 0 Å². The van der Waals surface area contributed by atoms with Crippen molar-refractivity contribution in [3.05, 3.63) is 52.8 Å². The zero-order valence-corrected chi connectivity index (χ0v) is 20.7. The number of hydrogen-bond donors (Lipinski definition) is 0. The van der Waals surface area contributed by atoms with Gasteiger partial charge in [-0.25, -0.2) is 0 Å². The van der Waals surface area contributed by atoms with Crippen LogP contribution >= 0.6 is 0 Å². The molecule has 1 saturated heterocycles. The molecule has 1 atom stereocenters. The highest BCUT2D eigenvalue weighted by Gasteiger charge is 2.38. The van der Waals surface area contributed by atoms with Gasteiger partial charge in [-0.1, -0.05) is 12.1 Å². The molecule has 1 amide bonds. The molecule has 1 fully saturated rings. The summed E-state index contributed by atoms with van der Waals surface area (Å²) in [7, 11) is 5.75. The first-order valence-corrected chi connectivity index (χ1v) is 12.1. The Morgan fingerprint density at radius 3 is 2.69 bits per heavy atom. The van der Waals surface area contributed by atoms with E-state index in [1.807, 2.05) is 42.3 Å². The summed E-state index contributed by atoms with van der Waals surface area (Å²) < 4.78 is 18.9. The van der Waals surface area contributed by atoms with Gasteiger partial charge >= 0.3 is 0 Å². The van der Waals surface area contributed by atoms with Crippen molar-refractivity contribution in [1.82, 2.24) is 34.9 Å². The molecule has 188 valence electrons. The molecule has 1 aromatic heterocycles. The molecule has 36 heavy (non-hydrogen) atoms. The molecule has 0 radical (unpaired) electrons. The minimum absolute atomic E-state index is 0.0153. The van der Waals surface area contributed by atoms with Gasteiger partial charge in [0.2, 0.25) is 12.5 Å². The molecule has 11 nitrogen and oxygen atoms in total. The average molecular weight is 492 g/mol. The second-order valence-electron chi connectivity index (χ2n) is 9.41. The maximum Gasteiger partial charge on any atom is 0.256 e. The zero-order chi connectivity index (χ0) is 24.8. The quantitative estimate of drug-likeness (QED) is 0.536. The Morgan fingerprint density at radius 1 is 1.08 bits per heavy atom. The van der Waals surface area contributed by atoms with Crippen LogP contribution in [0.5, 0.6) is 17.2 Å². The fourth-order valence-corrected chi connectivity index (χ4v) is 5.31. The number of aromatic nitrogens is 4. The Morgan fingerprint density at radius 2 is 1.89 bits per heavy atom. The van der Waals surface area contributed by atoms with Gasteiger partial charge in [0.05, 0.1) is 18.4 Å². The number of rotatable bonds is 4. The average Bonchev–Trinajstić information content (AvgIpc) is 3.57. The summed E-state index contributed by atoms with van der Waals surface area (Å²) >= 11 is 0. The van der Waals surface area contributed by atoms with Crippen molar-refractivity contribution in [3.8, 4) is 22.9 Å². The lowest BCUT2D eigenvalue weighted by Gasteiger charge is -2.35. The summed E-state index contributed by atoms with van der Waals surface area (Å²) in [6.07, 6.45) is 0.829. The van der Waals surface area contributed by atoms with E-state index in [1.165, 1.54) is 0 Å². The van der Waals surface area contributed by atoms with E-state index in [-0.39, 0.29) is 18.7 Å². The first-order valence-electron chi connectivity index (χ1n) is 12.1. The second-order valence-corrected chi connectivity index (χ2v) is 9.41. The van der Waals surface area contributed by atoms with Crippen LogP contribution in [0.15, 0.2) is 30.3 Å². The van der Waals surface area contributed by atoms with Crippen LogP contribution in [0.1, 0.15) is 33.4 Å². The first kappa shape index (κ1) is 22.7. The molecule has 0 saturated carbocycles. The lowest BCUT2D eigenvalue weighted by Crippen LogP contribution is -2.47. The summed E-state index contributed by atoms with van der Waals surface area (Å²) in [5.41, 5.74) is 3.29. The fourth-order valence-electron chi connectivity index (χ4n) is 5.31. The van der Waals surface area contributed by atoms with Gasteiger partial charge < -0.3 is 24.0 Å². The Kier molecular flexibility index (Phi) is 5.73. The molecule has 11 heteroatoms. The summed E-state index contributed by atoms with van der Waals surface area (Å²) in [6, 6.07) is 9.24. The third-order valence-corrected chi connectivity index (χ3v) is 7.29. The SMILES string of the molecule is COc1c2c(cc3c1[C@H](c1nnnn1-c1ccccc1C(=O)N1CCN(C)CC1)N(C)CC3)OCO2. The summed E-state index contributed by atoms with van der Waals surface area (Å²) in [5, 5.41) is 12.8. The predicted molar refractivity (Wildman–Crippen MR) is 130 cm³/mol. The van der Waals surface area contributed by atoms with Gasteiger partial charge in [-0.2, -0.15) is 4.68 Å². The van der Waals surface area contributed by atoms with Crippen molar-refractivity contribution in [3.63, 3.8) is 0 Å². The molecule has 4 heterocycles. The molecule has 0 unspecified atom stereocenters. The highest BCUT2D eigenvalue weighted by atomic mass is 16.7. The van der Waals surface area contributed by atoms with Crippen LogP contribution in [0, 0.1) is 0 Å². The van der Waals surface area contributed by atoms with Crippen molar-refractivity contribution < 1.29 is 19.0 Å². The highest BCUT2D eigenvalue weighted by molar-refractivity contribution is 5.97. The molecule has 2 aromatic carbocycles. The van der Waals surface area contributed by atoms with E-state index in [9.17, 15) is 4.79 Å². The molecule has 0 aliphatic carbocycles. The third-order valence-electron chi connectivity index (χ3n) is 7.29. The standard InChI is InChI=1S/C25H29N7O4/c1-29-10-12-31(13-11-29)25(33)17-6-4-5-7-18(17)32-24(26-27-28-32)21-20-16(8-9-30(21)2)14-19-22(23(20)34-3)36-15-35-19/h4-7,14,21H,8-13,15H2,1-3H3/t21-/m1/s1. The van der Waals surface area contributed by atoms with E-state index in [4.69, 9.17) is 14.2 Å². The monoisotopic (exact) mass is 491 g/mol. The maximum atomic E-state index is 13.6. The maximum absolute atomic E-state index is 13.6. The Labute approximate surface area is 209 Å². The number of ether oxygens (including phenoxy) is 3. The number of tetrazole rings is 1. The number of likely N-dealkylation sites (N-methyl/N-ethyl adjacent to an activating group) is 2. The molecular weight excluding hydrogens is 462 g/mol. The van der Waals surface area contributed by atoms with Gasteiger partial charge in [0.15, 0.2) is 17.3 Å². The number of para-hydroxylation sites is 1. The molecule has 3 aliphatic heterocycles. The lowest BCUT2D eigenvalue weighted by molar-refractivity contribution is 0.0664. The first-order chi connectivity index (χ1) is 17.6. The van der Waals surface area contributed by atoms with E-state index >= 15 is 0 Å². The fraction of sp³-hybridized carbons (Fsp3) is 0.440. The summed E-state index contributed by atoms with van der Waals surface area (Å²) in [6.45, 7) is 4.04. The minimum atomic E-state index is -0.306. The van der Waals surface area contributed by atoms with Crippen molar-refractivity contribution in [2.45, 2.75) is 12.5 Å². The van der Waals surface area contributed by atoms with E-state index in [0.29, 0.717) is 47.4 Å². The van der Waals surface area contributed by atoms with Crippen molar-refractivity contribution >= 4 is 5.91 Å². The van der Waals surface area contributed by atoms with Crippen LogP contribution in [-0.4, -0.2) is 102 Å². The number of amides is 1. The van der Waals surface area contributed by atoms with Gasteiger partial charge in [0.1, 0.15) is 6.04 Å². The van der Waals surface area contributed by atoms with Gasteiger partial charge in [0, 0.05) is 38.3 Å². The number of nitrogens with zero attached hydrogens (tertiary/aromatic N) is 7. The number of carbonyl (C=O) groups excluding carboxylic acids is 1. The minimum Gasteiger partial charge on any atom is -0.492 e. The summed E-state index contributed by atoms with van der Waals surface area (Å²) in [4.78, 5) is 19.9. The van der Waals surface area contributed by atoms with E-state index in [2.05, 4.69) is 32.4 Å². The normalized spacial score (nSPS) is 19.9. The van der Waals surface area contributed by atoms with Crippen LogP contribution in [0.25, 0.3) is 5.69 Å². The number of piperazine rings is 1. The highest BCUT2D eigenvalue weighted by Crippen LogP contribution is 2.50. The van der Waals surface area contributed by atoms with Crippen LogP contribution in [0.3, 0.4) is 0 Å². The Hall–Kier alpha value is -3.70. The number of benzene rings is 2. The Balaban J connectivity index is 1.44. The number of carbonyl (C=O) groups is 1. The largest absolute Gasteiger partial charge is 0.492 e. The van der Waals surface area contributed by atoms with E-state index in [1.54, 1.807) is 11.8 Å². The van der Waals surface area contributed by atoms with Crippen molar-refractivity contribution in [1.29, 1.82) is 0 Å². The molecule has 0 spiro atoms. The smallest absolute Gasteiger partial charge is 0.256 e. The Bertz CT molecular complexity index is 1300. The zero-order valence-electron chi connectivity index (χ0n) is 20.7. The molecular formula is C25H29N7O4. The molecule has 0 N–H and O–H groups in total.